The number of sulfone groups is 1. The van der Waals surface area contributed by atoms with Gasteiger partial charge in [-0.1, -0.05) is 18.7 Å². The van der Waals surface area contributed by atoms with Crippen LogP contribution in [0.25, 0.3) is 0 Å². The van der Waals surface area contributed by atoms with E-state index < -0.39 is 9.84 Å². The molecule has 1 amide bonds. The van der Waals surface area contributed by atoms with Gasteiger partial charge >= 0.3 is 0 Å². The van der Waals surface area contributed by atoms with Crippen LogP contribution < -0.4 is 4.90 Å². The lowest BCUT2D eigenvalue weighted by Crippen LogP contribution is -2.42. The molecule has 0 radical (unpaired) electrons. The summed E-state index contributed by atoms with van der Waals surface area (Å²) in [5, 5.41) is 9.52. The number of hydrogen-bond donors (Lipinski definition) is 0. The Hall–Kier alpha value is -2.01. The summed E-state index contributed by atoms with van der Waals surface area (Å²) >= 11 is 1.36. The zero-order valence-electron chi connectivity index (χ0n) is 18.5. The van der Waals surface area contributed by atoms with Gasteiger partial charge in [-0.2, -0.15) is 0 Å². The highest BCUT2D eigenvalue weighted by molar-refractivity contribution is 7.99. The number of anilines is 1. The van der Waals surface area contributed by atoms with Crippen molar-refractivity contribution in [3.8, 4) is 0 Å². The van der Waals surface area contributed by atoms with E-state index in [9.17, 15) is 13.2 Å². The summed E-state index contributed by atoms with van der Waals surface area (Å²) in [6, 6.07) is 3.55. The molecule has 2 aliphatic rings. The smallest absolute Gasteiger partial charge is 0.233 e. The number of thioether (sulfide) groups is 1. The lowest BCUT2D eigenvalue weighted by Gasteiger charge is -2.28. The van der Waals surface area contributed by atoms with Gasteiger partial charge in [-0.15, -0.1) is 10.2 Å². The Labute approximate surface area is 193 Å². The Morgan fingerprint density at radius 2 is 2.09 bits per heavy atom. The molecule has 32 heavy (non-hydrogen) atoms. The summed E-state index contributed by atoms with van der Waals surface area (Å²) in [5.41, 5.74) is 0. The molecule has 0 spiro atoms. The molecule has 0 saturated carbocycles. The molecule has 0 aliphatic carbocycles. The Balaban J connectivity index is 1.48. The number of rotatable bonds is 9. The molecule has 176 valence electrons. The maximum absolute atomic E-state index is 13.1. The predicted octanol–water partition coefficient (Wildman–Crippen LogP) is 2.43. The Bertz CT molecular complexity index is 1000. The second kappa shape index (κ2) is 10.3. The van der Waals surface area contributed by atoms with E-state index in [1.54, 1.807) is 11.2 Å². The third-order valence-electron chi connectivity index (χ3n) is 5.99. The molecule has 0 bridgehead atoms. The molecule has 9 nitrogen and oxygen atoms in total. The maximum atomic E-state index is 13.1. The van der Waals surface area contributed by atoms with Crippen molar-refractivity contribution < 1.29 is 17.6 Å². The predicted molar refractivity (Wildman–Crippen MR) is 124 cm³/mol. The maximum Gasteiger partial charge on any atom is 0.233 e. The van der Waals surface area contributed by atoms with Crippen LogP contribution in [0.1, 0.15) is 44.8 Å². The van der Waals surface area contributed by atoms with Crippen LogP contribution in [0, 0.1) is 0 Å². The number of furan rings is 1. The zero-order chi connectivity index (χ0) is 22.6. The second-order valence-electron chi connectivity index (χ2n) is 8.43. The minimum atomic E-state index is -3.05. The standard InChI is InChI=1S/C21H31N5O4S2/c1-2-9-25(17-8-13-32(28,29)16-17)19(27)15-31-21-23-22-20(24-10-4-3-5-11-24)26(21)14-18-7-6-12-30-18/h6-7,12,17H,2-5,8-11,13-16H2,1H3. The third-order valence-corrected chi connectivity index (χ3v) is 8.69. The number of amides is 1. The number of hydrogen-bond acceptors (Lipinski definition) is 8. The van der Waals surface area contributed by atoms with Crippen LogP contribution in [0.5, 0.6) is 0 Å². The lowest BCUT2D eigenvalue weighted by atomic mass is 10.1. The van der Waals surface area contributed by atoms with Gasteiger partial charge in [-0.3, -0.25) is 9.36 Å². The first kappa shape index (κ1) is 23.2. The summed E-state index contributed by atoms with van der Waals surface area (Å²) < 4.78 is 31.4. The van der Waals surface area contributed by atoms with Gasteiger partial charge < -0.3 is 14.2 Å². The SMILES string of the molecule is CCCN(C(=O)CSc1nnc(N2CCCCC2)n1Cc1ccco1)C1CCS(=O)(=O)C1. The molecule has 2 aromatic heterocycles. The molecule has 2 aliphatic heterocycles. The fourth-order valence-electron chi connectivity index (χ4n) is 4.39. The Morgan fingerprint density at radius 3 is 2.75 bits per heavy atom. The van der Waals surface area contributed by atoms with Crippen molar-refractivity contribution in [3.63, 3.8) is 0 Å². The van der Waals surface area contributed by atoms with E-state index in [0.29, 0.717) is 24.7 Å². The largest absolute Gasteiger partial charge is 0.467 e. The van der Waals surface area contributed by atoms with Gasteiger partial charge in [0.1, 0.15) is 5.76 Å². The highest BCUT2D eigenvalue weighted by Crippen LogP contribution is 2.27. The van der Waals surface area contributed by atoms with Crippen molar-refractivity contribution >= 4 is 33.5 Å². The first-order valence-corrected chi connectivity index (χ1v) is 14.1. The molecule has 2 aromatic rings. The van der Waals surface area contributed by atoms with Crippen molar-refractivity contribution in [2.24, 2.45) is 0 Å². The number of carbonyl (C=O) groups is 1. The molecule has 2 fully saturated rings. The minimum Gasteiger partial charge on any atom is -0.467 e. The summed E-state index contributed by atoms with van der Waals surface area (Å²) in [4.78, 5) is 17.1. The molecule has 2 saturated heterocycles. The van der Waals surface area contributed by atoms with Crippen molar-refractivity contribution in [3.05, 3.63) is 24.2 Å². The molecule has 4 rings (SSSR count). The Morgan fingerprint density at radius 1 is 1.28 bits per heavy atom. The van der Waals surface area contributed by atoms with Gasteiger partial charge in [0.05, 0.1) is 30.1 Å². The van der Waals surface area contributed by atoms with Crippen LogP contribution in [0.3, 0.4) is 0 Å². The first-order valence-electron chi connectivity index (χ1n) is 11.3. The molecule has 1 unspecified atom stereocenters. The van der Waals surface area contributed by atoms with E-state index in [-0.39, 0.29) is 29.2 Å². The highest BCUT2D eigenvalue weighted by atomic mass is 32.2. The van der Waals surface area contributed by atoms with Crippen molar-refractivity contribution in [2.75, 3.05) is 41.8 Å². The van der Waals surface area contributed by atoms with Gasteiger partial charge in [0.15, 0.2) is 15.0 Å². The first-order chi connectivity index (χ1) is 15.5. The molecule has 11 heteroatoms. The van der Waals surface area contributed by atoms with Gasteiger partial charge in [-0.05, 0) is 44.2 Å². The van der Waals surface area contributed by atoms with Gasteiger partial charge in [-0.25, -0.2) is 8.42 Å². The molecule has 0 aromatic carbocycles. The summed E-state index contributed by atoms with van der Waals surface area (Å²) in [5.74, 6) is 1.99. The van der Waals surface area contributed by atoms with Crippen molar-refractivity contribution in [2.45, 2.75) is 56.8 Å². The van der Waals surface area contributed by atoms with Crippen LogP contribution >= 0.6 is 11.8 Å². The summed E-state index contributed by atoms with van der Waals surface area (Å²) in [6.45, 7) is 4.96. The van der Waals surface area contributed by atoms with Gasteiger partial charge in [0, 0.05) is 25.7 Å². The van der Waals surface area contributed by atoms with Crippen LogP contribution in [-0.2, 0) is 21.2 Å². The number of carbonyl (C=O) groups excluding carboxylic acids is 1. The highest BCUT2D eigenvalue weighted by Gasteiger charge is 2.34. The molecule has 1 atom stereocenters. The average molecular weight is 482 g/mol. The van der Waals surface area contributed by atoms with E-state index in [2.05, 4.69) is 15.1 Å². The fourth-order valence-corrected chi connectivity index (χ4v) is 6.94. The van der Waals surface area contributed by atoms with Crippen molar-refractivity contribution in [1.82, 2.24) is 19.7 Å². The average Bonchev–Trinajstić information content (AvgIpc) is 3.52. The van der Waals surface area contributed by atoms with Crippen LogP contribution in [0.15, 0.2) is 28.0 Å². The zero-order valence-corrected chi connectivity index (χ0v) is 20.1. The van der Waals surface area contributed by atoms with Gasteiger partial charge in [0.2, 0.25) is 11.9 Å². The van der Waals surface area contributed by atoms with Crippen molar-refractivity contribution in [1.29, 1.82) is 0 Å². The van der Waals surface area contributed by atoms with E-state index >= 15 is 0 Å². The number of piperidine rings is 1. The molecular formula is C21H31N5O4S2. The number of aromatic nitrogens is 3. The summed E-state index contributed by atoms with van der Waals surface area (Å²) in [6.07, 6.45) is 6.45. The lowest BCUT2D eigenvalue weighted by molar-refractivity contribution is -0.130. The van der Waals surface area contributed by atoms with Gasteiger partial charge in [0.25, 0.3) is 0 Å². The minimum absolute atomic E-state index is 0.0500. The second-order valence-corrected chi connectivity index (χ2v) is 11.6. The van der Waals surface area contributed by atoms with Crippen LogP contribution in [-0.4, -0.2) is 76.9 Å². The molecule has 4 heterocycles. The van der Waals surface area contributed by atoms with E-state index in [1.165, 1.54) is 18.2 Å². The quantitative estimate of drug-likeness (QED) is 0.503. The summed E-state index contributed by atoms with van der Waals surface area (Å²) in [7, 11) is -3.05. The number of nitrogens with zero attached hydrogens (tertiary/aromatic N) is 5. The fraction of sp³-hybridized carbons (Fsp3) is 0.667. The molecule has 0 N–H and O–H groups in total. The van der Waals surface area contributed by atoms with E-state index in [0.717, 1.165) is 44.1 Å². The van der Waals surface area contributed by atoms with E-state index in [4.69, 9.17) is 4.42 Å². The van der Waals surface area contributed by atoms with E-state index in [1.807, 2.05) is 23.6 Å². The molecular weight excluding hydrogens is 450 g/mol. The Kier molecular flexibility index (Phi) is 7.44. The van der Waals surface area contributed by atoms with Crippen LogP contribution in [0.2, 0.25) is 0 Å². The monoisotopic (exact) mass is 481 g/mol. The topological polar surface area (TPSA) is 102 Å². The third kappa shape index (κ3) is 5.48. The normalized spacial score (nSPS) is 20.5. The van der Waals surface area contributed by atoms with Crippen LogP contribution in [0.4, 0.5) is 5.95 Å².